The lowest BCUT2D eigenvalue weighted by atomic mass is 10.2. The van der Waals surface area contributed by atoms with Crippen molar-refractivity contribution in [3.8, 4) is 17.3 Å². The maximum Gasteiger partial charge on any atom is 0.276 e. The number of carbonyl (C=O) groups excluding carboxylic acids is 1. The van der Waals surface area contributed by atoms with Gasteiger partial charge in [-0.15, -0.1) is 10.2 Å². The van der Waals surface area contributed by atoms with E-state index in [-0.39, 0.29) is 11.6 Å². The molecule has 9 heteroatoms. The van der Waals surface area contributed by atoms with E-state index in [1.807, 2.05) is 0 Å². The van der Waals surface area contributed by atoms with Gasteiger partial charge in [-0.25, -0.2) is 9.67 Å². The number of carbonyl (C=O) groups is 1. The van der Waals surface area contributed by atoms with Crippen LogP contribution in [-0.4, -0.2) is 44.1 Å². The van der Waals surface area contributed by atoms with Gasteiger partial charge in [-0.1, -0.05) is 0 Å². The molecule has 3 aromatic rings. The number of hydrogen-bond acceptors (Lipinski definition) is 7. The van der Waals surface area contributed by atoms with E-state index < -0.39 is 0 Å². The molecule has 1 aliphatic rings. The van der Waals surface area contributed by atoms with Crippen molar-refractivity contribution in [2.75, 3.05) is 18.5 Å². The summed E-state index contributed by atoms with van der Waals surface area (Å²) in [5.74, 6) is 1.37. The van der Waals surface area contributed by atoms with Crippen LogP contribution in [-0.2, 0) is 0 Å². The Labute approximate surface area is 136 Å². The van der Waals surface area contributed by atoms with E-state index in [2.05, 4.69) is 25.6 Å². The van der Waals surface area contributed by atoms with Gasteiger partial charge in [-0.3, -0.25) is 4.79 Å². The molecule has 0 saturated carbocycles. The first kappa shape index (κ1) is 14.1. The maximum absolute atomic E-state index is 12.3. The van der Waals surface area contributed by atoms with E-state index in [0.29, 0.717) is 36.2 Å². The number of hydrogen-bond donors (Lipinski definition) is 1. The third-order valence-corrected chi connectivity index (χ3v) is 3.34. The van der Waals surface area contributed by atoms with Gasteiger partial charge >= 0.3 is 0 Å². The molecule has 0 unspecified atom stereocenters. The van der Waals surface area contributed by atoms with E-state index in [9.17, 15) is 4.79 Å². The van der Waals surface area contributed by atoms with E-state index in [1.54, 1.807) is 30.3 Å². The lowest BCUT2D eigenvalue weighted by Gasteiger charge is -2.18. The summed E-state index contributed by atoms with van der Waals surface area (Å²) >= 11 is 0. The number of anilines is 1. The van der Waals surface area contributed by atoms with Crippen LogP contribution in [0.5, 0.6) is 11.5 Å². The second-order valence-electron chi connectivity index (χ2n) is 4.93. The lowest BCUT2D eigenvalue weighted by Crippen LogP contribution is -2.17. The van der Waals surface area contributed by atoms with Crippen LogP contribution >= 0.6 is 0 Å². The van der Waals surface area contributed by atoms with Crippen molar-refractivity contribution < 1.29 is 14.3 Å². The van der Waals surface area contributed by atoms with E-state index in [1.165, 1.54) is 17.3 Å². The molecule has 120 valence electrons. The molecule has 0 saturated heterocycles. The lowest BCUT2D eigenvalue weighted by molar-refractivity contribution is 0.102. The Morgan fingerprint density at radius 1 is 1.08 bits per heavy atom. The van der Waals surface area contributed by atoms with E-state index >= 15 is 0 Å². The molecule has 0 atom stereocenters. The molecule has 0 radical (unpaired) electrons. The summed E-state index contributed by atoms with van der Waals surface area (Å²) in [5, 5.41) is 14.6. The van der Waals surface area contributed by atoms with Gasteiger partial charge in [0.1, 0.15) is 25.9 Å². The molecule has 24 heavy (non-hydrogen) atoms. The number of nitrogens with zero attached hydrogens (tertiary/aromatic N) is 5. The molecule has 0 fully saturated rings. The van der Waals surface area contributed by atoms with Gasteiger partial charge in [0.25, 0.3) is 5.91 Å². The smallest absolute Gasteiger partial charge is 0.276 e. The number of ether oxygens (including phenoxy) is 2. The van der Waals surface area contributed by atoms with Crippen LogP contribution in [0.2, 0.25) is 0 Å². The van der Waals surface area contributed by atoms with Crippen molar-refractivity contribution in [1.29, 1.82) is 0 Å². The van der Waals surface area contributed by atoms with Crippen LogP contribution in [0, 0.1) is 0 Å². The van der Waals surface area contributed by atoms with Crippen molar-refractivity contribution in [2.24, 2.45) is 0 Å². The normalized spacial score (nSPS) is 12.7. The zero-order chi connectivity index (χ0) is 16.4. The van der Waals surface area contributed by atoms with Crippen LogP contribution < -0.4 is 14.8 Å². The van der Waals surface area contributed by atoms with Crippen LogP contribution in [0.25, 0.3) is 5.82 Å². The van der Waals surface area contributed by atoms with Gasteiger partial charge in [0.15, 0.2) is 23.0 Å². The van der Waals surface area contributed by atoms with Gasteiger partial charge in [0, 0.05) is 11.8 Å². The quantitative estimate of drug-likeness (QED) is 0.768. The Morgan fingerprint density at radius 3 is 2.71 bits per heavy atom. The highest BCUT2D eigenvalue weighted by Crippen LogP contribution is 2.32. The molecule has 3 heterocycles. The van der Waals surface area contributed by atoms with E-state index in [0.717, 1.165) is 0 Å². The summed E-state index contributed by atoms with van der Waals surface area (Å²) in [4.78, 5) is 16.1. The molecule has 0 aliphatic carbocycles. The first-order valence-corrected chi connectivity index (χ1v) is 7.19. The van der Waals surface area contributed by atoms with Crippen LogP contribution in [0.4, 0.5) is 5.69 Å². The minimum absolute atomic E-state index is 0.189. The Balaban J connectivity index is 1.50. The molecule has 9 nitrogen and oxygen atoms in total. The summed E-state index contributed by atoms with van der Waals surface area (Å²) in [6.45, 7) is 1.01. The third-order valence-electron chi connectivity index (χ3n) is 3.34. The zero-order valence-electron chi connectivity index (χ0n) is 12.4. The summed E-state index contributed by atoms with van der Waals surface area (Å²) < 4.78 is 12.4. The number of rotatable bonds is 3. The average Bonchev–Trinajstić information content (AvgIpc) is 3.16. The Kier molecular flexibility index (Phi) is 3.50. The summed E-state index contributed by atoms with van der Waals surface area (Å²) in [6, 6.07) is 8.41. The molecule has 1 aromatic carbocycles. The Bertz CT molecular complexity index is 863. The fourth-order valence-corrected chi connectivity index (χ4v) is 2.21. The first-order valence-electron chi connectivity index (χ1n) is 7.19. The summed E-state index contributed by atoms with van der Waals surface area (Å²) in [5.41, 5.74) is 0.778. The Morgan fingerprint density at radius 2 is 1.96 bits per heavy atom. The molecule has 2 aromatic heterocycles. The van der Waals surface area contributed by atoms with Crippen LogP contribution in [0.1, 0.15) is 10.5 Å². The van der Waals surface area contributed by atoms with Gasteiger partial charge in [0.05, 0.1) is 0 Å². The molecular formula is C15H12N6O3. The topological polar surface area (TPSA) is 104 Å². The van der Waals surface area contributed by atoms with Crippen molar-refractivity contribution in [1.82, 2.24) is 25.0 Å². The Hall–Kier alpha value is -3.49. The second kappa shape index (κ2) is 5.95. The highest BCUT2D eigenvalue weighted by molar-refractivity contribution is 6.02. The molecule has 0 spiro atoms. The molecular weight excluding hydrogens is 312 g/mol. The highest BCUT2D eigenvalue weighted by Gasteiger charge is 2.14. The van der Waals surface area contributed by atoms with Crippen molar-refractivity contribution in [3.05, 3.63) is 48.7 Å². The largest absolute Gasteiger partial charge is 0.486 e. The molecule has 1 aliphatic heterocycles. The van der Waals surface area contributed by atoms with Gasteiger partial charge < -0.3 is 14.8 Å². The SMILES string of the molecule is O=C(Nc1ccc2c(c1)OCCO2)c1ccc(-n2cncn2)nn1. The monoisotopic (exact) mass is 324 g/mol. The summed E-state index contributed by atoms with van der Waals surface area (Å²) in [6.07, 6.45) is 2.89. The number of aromatic nitrogens is 5. The van der Waals surface area contributed by atoms with Crippen molar-refractivity contribution in [2.45, 2.75) is 0 Å². The third kappa shape index (κ3) is 2.74. The molecule has 0 bridgehead atoms. The number of benzene rings is 1. The fraction of sp³-hybridized carbons (Fsp3) is 0.133. The minimum atomic E-state index is -0.371. The van der Waals surface area contributed by atoms with Gasteiger partial charge in [-0.05, 0) is 24.3 Å². The molecule has 1 N–H and O–H groups in total. The zero-order valence-corrected chi connectivity index (χ0v) is 12.4. The standard InChI is InChI=1S/C15H12N6O3/c22-15(11-2-4-14(20-19-11)21-9-16-8-17-21)18-10-1-3-12-13(7-10)24-6-5-23-12/h1-4,7-9H,5-6H2,(H,18,22). The predicted octanol–water partition coefficient (Wildman–Crippen LogP) is 1.08. The van der Waals surface area contributed by atoms with Crippen molar-refractivity contribution >= 4 is 11.6 Å². The minimum Gasteiger partial charge on any atom is -0.486 e. The number of amides is 1. The van der Waals surface area contributed by atoms with Gasteiger partial charge in [0.2, 0.25) is 0 Å². The van der Waals surface area contributed by atoms with Crippen LogP contribution in [0.3, 0.4) is 0 Å². The predicted molar refractivity (Wildman–Crippen MR) is 82.3 cm³/mol. The number of nitrogens with one attached hydrogen (secondary N) is 1. The van der Waals surface area contributed by atoms with Crippen molar-refractivity contribution in [3.63, 3.8) is 0 Å². The molecule has 1 amide bonds. The summed E-state index contributed by atoms with van der Waals surface area (Å²) in [7, 11) is 0. The maximum atomic E-state index is 12.3. The molecule has 4 rings (SSSR count). The second-order valence-corrected chi connectivity index (χ2v) is 4.93. The highest BCUT2D eigenvalue weighted by atomic mass is 16.6. The first-order chi connectivity index (χ1) is 11.8. The average molecular weight is 324 g/mol. The van der Waals surface area contributed by atoms with Crippen LogP contribution in [0.15, 0.2) is 43.0 Å². The fourth-order valence-electron chi connectivity index (χ4n) is 2.21. The number of fused-ring (bicyclic) bond motifs is 1. The van der Waals surface area contributed by atoms with E-state index in [4.69, 9.17) is 9.47 Å². The van der Waals surface area contributed by atoms with Gasteiger partial charge in [-0.2, -0.15) is 5.10 Å².